The summed E-state index contributed by atoms with van der Waals surface area (Å²) in [4.78, 5) is 12.7. The van der Waals surface area contributed by atoms with E-state index in [-0.39, 0.29) is 18.0 Å². The van der Waals surface area contributed by atoms with Crippen molar-refractivity contribution in [2.24, 2.45) is 5.92 Å². The van der Waals surface area contributed by atoms with Crippen LogP contribution in [0.1, 0.15) is 39.0 Å². The van der Waals surface area contributed by atoms with Gasteiger partial charge in [-0.1, -0.05) is 67.1 Å². The summed E-state index contributed by atoms with van der Waals surface area (Å²) < 4.78 is 0. The first kappa shape index (κ1) is 19.6. The van der Waals surface area contributed by atoms with Crippen LogP contribution >= 0.6 is 7.92 Å². The first-order chi connectivity index (χ1) is 13.7. The van der Waals surface area contributed by atoms with Crippen molar-refractivity contribution in [1.29, 1.82) is 0 Å². The molecule has 2 fully saturated rings. The van der Waals surface area contributed by atoms with Crippen molar-refractivity contribution in [1.82, 2.24) is 10.6 Å². The van der Waals surface area contributed by atoms with Gasteiger partial charge in [-0.3, -0.25) is 4.79 Å². The fourth-order valence-electron chi connectivity index (χ4n) is 4.92. The van der Waals surface area contributed by atoms with Crippen molar-refractivity contribution in [3.63, 3.8) is 0 Å². The Morgan fingerprint density at radius 3 is 2.18 bits per heavy atom. The quantitative estimate of drug-likeness (QED) is 0.736. The molecule has 4 atom stereocenters. The van der Waals surface area contributed by atoms with E-state index in [4.69, 9.17) is 0 Å². The second-order valence-electron chi connectivity index (χ2n) is 8.15. The molecular weight excluding hydrogens is 363 g/mol. The normalized spacial score (nSPS) is 25.7. The maximum Gasteiger partial charge on any atom is 0.237 e. The van der Waals surface area contributed by atoms with Crippen LogP contribution in [-0.4, -0.2) is 30.2 Å². The molecule has 1 saturated heterocycles. The molecule has 1 saturated carbocycles. The predicted molar refractivity (Wildman–Crippen MR) is 119 cm³/mol. The molecule has 0 bridgehead atoms. The molecule has 2 aromatic rings. The van der Waals surface area contributed by atoms with E-state index in [9.17, 15) is 4.79 Å². The van der Waals surface area contributed by atoms with Crippen LogP contribution in [-0.2, 0) is 4.79 Å². The number of rotatable bonds is 6. The van der Waals surface area contributed by atoms with E-state index in [0.717, 1.165) is 19.4 Å². The minimum atomic E-state index is -0.426. The molecule has 1 aliphatic carbocycles. The van der Waals surface area contributed by atoms with Gasteiger partial charge in [0.05, 0.1) is 6.04 Å². The number of hydrogen-bond acceptors (Lipinski definition) is 2. The molecule has 28 heavy (non-hydrogen) atoms. The van der Waals surface area contributed by atoms with Crippen LogP contribution in [0.2, 0.25) is 0 Å². The van der Waals surface area contributed by atoms with Crippen LogP contribution in [0.15, 0.2) is 60.7 Å². The average molecular weight is 394 g/mol. The van der Waals surface area contributed by atoms with Gasteiger partial charge in [0.25, 0.3) is 0 Å². The van der Waals surface area contributed by atoms with E-state index in [0.29, 0.717) is 11.6 Å². The molecule has 148 valence electrons. The minimum absolute atomic E-state index is 0.00654. The highest BCUT2D eigenvalue weighted by atomic mass is 31.1. The highest BCUT2D eigenvalue weighted by Crippen LogP contribution is 2.50. The number of amides is 1. The summed E-state index contributed by atoms with van der Waals surface area (Å²) in [6, 6.07) is 22.2. The lowest BCUT2D eigenvalue weighted by molar-refractivity contribution is -0.123. The van der Waals surface area contributed by atoms with Crippen molar-refractivity contribution in [3.8, 4) is 0 Å². The van der Waals surface area contributed by atoms with Crippen LogP contribution in [0.25, 0.3) is 0 Å². The zero-order valence-corrected chi connectivity index (χ0v) is 17.6. The molecule has 2 N–H and O–H groups in total. The van der Waals surface area contributed by atoms with Crippen LogP contribution in [0.3, 0.4) is 0 Å². The van der Waals surface area contributed by atoms with E-state index < -0.39 is 7.92 Å². The summed E-state index contributed by atoms with van der Waals surface area (Å²) in [5, 5.41) is 9.60. The highest BCUT2D eigenvalue weighted by Gasteiger charge is 2.39. The number of benzene rings is 2. The average Bonchev–Trinajstić information content (AvgIpc) is 3.42. The van der Waals surface area contributed by atoms with E-state index in [1.165, 1.54) is 29.9 Å². The highest BCUT2D eigenvalue weighted by molar-refractivity contribution is 7.73. The van der Waals surface area contributed by atoms with E-state index >= 15 is 0 Å². The Morgan fingerprint density at radius 2 is 1.61 bits per heavy atom. The fraction of sp³-hybridized carbons (Fsp3) is 0.458. The van der Waals surface area contributed by atoms with Crippen molar-refractivity contribution in [2.75, 3.05) is 6.54 Å². The van der Waals surface area contributed by atoms with Gasteiger partial charge in [0, 0.05) is 6.04 Å². The molecular formula is C24H31N2OP. The molecule has 1 aliphatic heterocycles. The molecule has 0 radical (unpaired) electrons. The first-order valence-corrected chi connectivity index (χ1v) is 12.1. The Morgan fingerprint density at radius 1 is 0.964 bits per heavy atom. The van der Waals surface area contributed by atoms with Crippen molar-refractivity contribution in [3.05, 3.63) is 60.7 Å². The Bertz CT molecular complexity index is 721. The molecule has 4 heteroatoms. The molecule has 0 spiro atoms. The topological polar surface area (TPSA) is 41.1 Å². The third-order valence-electron chi connectivity index (χ3n) is 6.32. The van der Waals surface area contributed by atoms with Gasteiger partial charge >= 0.3 is 0 Å². The van der Waals surface area contributed by atoms with Gasteiger partial charge in [-0.05, 0) is 69.3 Å². The van der Waals surface area contributed by atoms with Gasteiger partial charge in [-0.2, -0.15) is 0 Å². The number of carbonyl (C=O) groups is 1. The van der Waals surface area contributed by atoms with E-state index in [1.54, 1.807) is 0 Å². The van der Waals surface area contributed by atoms with Crippen LogP contribution in [0.5, 0.6) is 0 Å². The first-order valence-electron chi connectivity index (χ1n) is 10.7. The Hall–Kier alpha value is -1.70. The SMILES string of the molecule is C[C@@H](NC(=O)[C@H]1CCCN1)C1CCCC1P(c1ccccc1)c1ccccc1. The van der Waals surface area contributed by atoms with Gasteiger partial charge in [0.15, 0.2) is 0 Å². The van der Waals surface area contributed by atoms with Gasteiger partial charge in [0.1, 0.15) is 0 Å². The smallest absolute Gasteiger partial charge is 0.237 e. The van der Waals surface area contributed by atoms with E-state index in [1.807, 2.05) is 0 Å². The maximum absolute atomic E-state index is 12.7. The third-order valence-corrected chi connectivity index (χ3v) is 9.33. The van der Waals surface area contributed by atoms with Gasteiger partial charge in [-0.15, -0.1) is 0 Å². The zero-order chi connectivity index (χ0) is 19.3. The summed E-state index contributed by atoms with van der Waals surface area (Å²) in [7, 11) is -0.426. The Kier molecular flexibility index (Phi) is 6.44. The summed E-state index contributed by atoms with van der Waals surface area (Å²) in [5.74, 6) is 0.733. The van der Waals surface area contributed by atoms with Crippen molar-refractivity contribution >= 4 is 24.4 Å². The van der Waals surface area contributed by atoms with Crippen molar-refractivity contribution in [2.45, 2.75) is 56.8 Å². The lowest BCUT2D eigenvalue weighted by Crippen LogP contribution is -2.48. The lowest BCUT2D eigenvalue weighted by atomic mass is 9.99. The molecule has 4 rings (SSSR count). The molecule has 3 nitrogen and oxygen atoms in total. The van der Waals surface area contributed by atoms with Crippen LogP contribution < -0.4 is 21.2 Å². The molecule has 2 aromatic carbocycles. The summed E-state index contributed by atoms with van der Waals surface area (Å²) in [6.07, 6.45) is 5.79. The van der Waals surface area contributed by atoms with E-state index in [2.05, 4.69) is 78.2 Å². The fourth-order valence-corrected chi connectivity index (χ4v) is 8.20. The summed E-state index contributed by atoms with van der Waals surface area (Å²) in [5.41, 5.74) is 0.617. The predicted octanol–water partition coefficient (Wildman–Crippen LogP) is 3.54. The van der Waals surface area contributed by atoms with Crippen LogP contribution in [0.4, 0.5) is 0 Å². The summed E-state index contributed by atoms with van der Waals surface area (Å²) >= 11 is 0. The Labute approximate surface area is 170 Å². The van der Waals surface area contributed by atoms with Crippen LogP contribution in [0, 0.1) is 5.92 Å². The molecule has 2 unspecified atom stereocenters. The van der Waals surface area contributed by atoms with Crippen molar-refractivity contribution < 1.29 is 4.79 Å². The molecule has 1 heterocycles. The van der Waals surface area contributed by atoms with Gasteiger partial charge in [-0.25, -0.2) is 0 Å². The third kappa shape index (κ3) is 4.31. The van der Waals surface area contributed by atoms with Gasteiger partial charge in [0.2, 0.25) is 5.91 Å². The number of hydrogen-bond donors (Lipinski definition) is 2. The summed E-state index contributed by atoms with van der Waals surface area (Å²) in [6.45, 7) is 3.19. The standard InChI is InChI=1S/C24H31N2OP/c1-18(26-24(27)22-15-9-17-25-22)21-14-8-16-23(21)28(19-10-4-2-5-11-19)20-12-6-3-7-13-20/h2-7,10-13,18,21-23,25H,8-9,14-17H2,1H3,(H,26,27)/t18-,21?,22-,23?/m1/s1. The second-order valence-corrected chi connectivity index (χ2v) is 10.6. The Balaban J connectivity index is 1.56. The molecule has 1 amide bonds. The number of nitrogens with one attached hydrogen (secondary N) is 2. The zero-order valence-electron chi connectivity index (χ0n) is 16.7. The lowest BCUT2D eigenvalue weighted by Gasteiger charge is -2.34. The second kappa shape index (κ2) is 9.20. The van der Waals surface area contributed by atoms with Gasteiger partial charge < -0.3 is 10.6 Å². The molecule has 2 aliphatic rings. The largest absolute Gasteiger partial charge is 0.352 e. The molecule has 0 aromatic heterocycles. The minimum Gasteiger partial charge on any atom is -0.352 e. The number of carbonyl (C=O) groups excluding carboxylic acids is 1. The monoisotopic (exact) mass is 394 g/mol. The maximum atomic E-state index is 12.7.